The van der Waals surface area contributed by atoms with Gasteiger partial charge < -0.3 is 15.0 Å². The average molecular weight is 350 g/mol. The summed E-state index contributed by atoms with van der Waals surface area (Å²) in [4.78, 5) is 8.57. The zero-order valence-electron chi connectivity index (χ0n) is 12.7. The molecule has 0 aromatic carbocycles. The van der Waals surface area contributed by atoms with Crippen molar-refractivity contribution in [2.45, 2.75) is 13.5 Å². The van der Waals surface area contributed by atoms with Gasteiger partial charge in [-0.05, 0) is 30.7 Å². The summed E-state index contributed by atoms with van der Waals surface area (Å²) in [6.45, 7) is 4.30. The lowest BCUT2D eigenvalue weighted by Gasteiger charge is -2.08. The van der Waals surface area contributed by atoms with Crippen LogP contribution in [-0.4, -0.2) is 27.5 Å². The Labute approximate surface area is 144 Å². The molecule has 0 amide bonds. The topological polar surface area (TPSA) is 54.2 Å². The van der Waals surface area contributed by atoms with Crippen molar-refractivity contribution in [3.8, 4) is 0 Å². The highest BCUT2D eigenvalue weighted by Gasteiger charge is 2.04. The van der Waals surface area contributed by atoms with Crippen LogP contribution in [0.1, 0.15) is 11.3 Å². The minimum absolute atomic E-state index is 0.523. The van der Waals surface area contributed by atoms with Gasteiger partial charge in [0.25, 0.3) is 0 Å². The maximum Gasteiger partial charge on any atom is 0.144 e. The number of anilines is 1. The SMILES string of the molecule is Cc1ccn2c(CNCCNc3ncc(Cl)cc3Cl)cnc2c1. The number of aryl methyl sites for hydroxylation is 1. The average Bonchev–Trinajstić information content (AvgIpc) is 2.91. The highest BCUT2D eigenvalue weighted by atomic mass is 35.5. The van der Waals surface area contributed by atoms with E-state index in [-0.39, 0.29) is 0 Å². The number of halogens is 2. The Morgan fingerprint density at radius 1 is 1.13 bits per heavy atom. The van der Waals surface area contributed by atoms with E-state index in [1.54, 1.807) is 12.3 Å². The first-order valence-electron chi connectivity index (χ1n) is 7.32. The molecule has 0 fully saturated rings. The number of rotatable bonds is 6. The van der Waals surface area contributed by atoms with Crippen LogP contribution in [0.4, 0.5) is 5.82 Å². The van der Waals surface area contributed by atoms with Crippen LogP contribution in [0.3, 0.4) is 0 Å². The van der Waals surface area contributed by atoms with Crippen molar-refractivity contribution in [2.24, 2.45) is 0 Å². The quantitative estimate of drug-likeness (QED) is 0.668. The third kappa shape index (κ3) is 3.93. The van der Waals surface area contributed by atoms with Crippen molar-refractivity contribution in [1.82, 2.24) is 19.7 Å². The van der Waals surface area contributed by atoms with Crippen LogP contribution in [0, 0.1) is 6.92 Å². The molecule has 0 unspecified atom stereocenters. The van der Waals surface area contributed by atoms with Crippen LogP contribution >= 0.6 is 23.2 Å². The molecule has 23 heavy (non-hydrogen) atoms. The van der Waals surface area contributed by atoms with Gasteiger partial charge in [-0.3, -0.25) is 0 Å². The third-order valence-electron chi connectivity index (χ3n) is 3.45. The largest absolute Gasteiger partial charge is 0.368 e. The number of imidazole rings is 1. The summed E-state index contributed by atoms with van der Waals surface area (Å²) in [7, 11) is 0. The van der Waals surface area contributed by atoms with Crippen molar-refractivity contribution < 1.29 is 0 Å². The summed E-state index contributed by atoms with van der Waals surface area (Å²) in [6.07, 6.45) is 5.51. The fourth-order valence-electron chi connectivity index (χ4n) is 2.30. The van der Waals surface area contributed by atoms with E-state index in [1.165, 1.54) is 5.56 Å². The molecule has 0 spiro atoms. The zero-order valence-corrected chi connectivity index (χ0v) is 14.2. The Morgan fingerprint density at radius 2 is 2.00 bits per heavy atom. The van der Waals surface area contributed by atoms with Crippen LogP contribution < -0.4 is 10.6 Å². The molecule has 3 aromatic rings. The van der Waals surface area contributed by atoms with E-state index in [0.29, 0.717) is 22.4 Å². The molecule has 2 N–H and O–H groups in total. The van der Waals surface area contributed by atoms with Crippen molar-refractivity contribution in [2.75, 3.05) is 18.4 Å². The number of nitrogens with one attached hydrogen (secondary N) is 2. The van der Waals surface area contributed by atoms with Gasteiger partial charge in [-0.2, -0.15) is 0 Å². The maximum absolute atomic E-state index is 6.06. The van der Waals surface area contributed by atoms with Gasteiger partial charge >= 0.3 is 0 Å². The monoisotopic (exact) mass is 349 g/mol. The number of pyridine rings is 2. The van der Waals surface area contributed by atoms with E-state index < -0.39 is 0 Å². The summed E-state index contributed by atoms with van der Waals surface area (Å²) in [5.41, 5.74) is 3.30. The van der Waals surface area contributed by atoms with E-state index in [0.717, 1.165) is 24.4 Å². The van der Waals surface area contributed by atoms with Gasteiger partial charge in [-0.1, -0.05) is 23.2 Å². The molecule has 7 heteroatoms. The predicted octanol–water partition coefficient (Wildman–Crippen LogP) is 3.55. The van der Waals surface area contributed by atoms with Crippen molar-refractivity contribution in [3.63, 3.8) is 0 Å². The molecule has 3 aromatic heterocycles. The highest BCUT2D eigenvalue weighted by molar-refractivity contribution is 6.35. The molecule has 5 nitrogen and oxygen atoms in total. The molecule has 0 saturated heterocycles. The van der Waals surface area contributed by atoms with Gasteiger partial charge in [0.15, 0.2) is 0 Å². The number of aromatic nitrogens is 3. The molecule has 0 radical (unpaired) electrons. The van der Waals surface area contributed by atoms with Crippen LogP contribution in [0.25, 0.3) is 5.65 Å². The Bertz CT molecular complexity index is 815. The third-order valence-corrected chi connectivity index (χ3v) is 3.95. The van der Waals surface area contributed by atoms with E-state index in [4.69, 9.17) is 23.2 Å². The summed E-state index contributed by atoms with van der Waals surface area (Å²) in [5.74, 6) is 0.642. The Kier molecular flexibility index (Phi) is 5.00. The number of hydrogen-bond acceptors (Lipinski definition) is 4. The highest BCUT2D eigenvalue weighted by Crippen LogP contribution is 2.22. The second kappa shape index (κ2) is 7.17. The van der Waals surface area contributed by atoms with Gasteiger partial charge in [0.2, 0.25) is 0 Å². The van der Waals surface area contributed by atoms with E-state index in [9.17, 15) is 0 Å². The predicted molar refractivity (Wildman–Crippen MR) is 94.4 cm³/mol. The van der Waals surface area contributed by atoms with Gasteiger partial charge in [-0.25, -0.2) is 9.97 Å². The summed E-state index contributed by atoms with van der Waals surface area (Å²) in [6, 6.07) is 5.82. The lowest BCUT2D eigenvalue weighted by Crippen LogP contribution is -2.22. The number of nitrogens with zero attached hydrogens (tertiary/aromatic N) is 3. The Morgan fingerprint density at radius 3 is 2.83 bits per heavy atom. The minimum Gasteiger partial charge on any atom is -0.368 e. The molecule has 0 bridgehead atoms. The fraction of sp³-hybridized carbons (Fsp3) is 0.250. The van der Waals surface area contributed by atoms with Gasteiger partial charge in [0.05, 0.1) is 21.9 Å². The van der Waals surface area contributed by atoms with Crippen molar-refractivity contribution in [1.29, 1.82) is 0 Å². The summed E-state index contributed by atoms with van der Waals surface area (Å²) in [5, 5.41) is 7.61. The van der Waals surface area contributed by atoms with E-state index in [2.05, 4.69) is 44.1 Å². The smallest absolute Gasteiger partial charge is 0.144 e. The van der Waals surface area contributed by atoms with Crippen LogP contribution in [-0.2, 0) is 6.54 Å². The van der Waals surface area contributed by atoms with Gasteiger partial charge in [-0.15, -0.1) is 0 Å². The van der Waals surface area contributed by atoms with Gasteiger partial charge in [0.1, 0.15) is 11.5 Å². The molecular formula is C16H17Cl2N5. The first-order chi connectivity index (χ1) is 11.1. The second-order valence-corrected chi connectivity index (χ2v) is 6.11. The van der Waals surface area contributed by atoms with Gasteiger partial charge in [0, 0.05) is 32.0 Å². The van der Waals surface area contributed by atoms with Crippen molar-refractivity contribution >= 4 is 34.7 Å². The lowest BCUT2D eigenvalue weighted by molar-refractivity contribution is 0.688. The molecule has 120 valence electrons. The molecule has 3 heterocycles. The molecule has 0 aliphatic heterocycles. The fourth-order valence-corrected chi connectivity index (χ4v) is 2.74. The second-order valence-electron chi connectivity index (χ2n) is 5.27. The molecule has 0 aliphatic carbocycles. The zero-order chi connectivity index (χ0) is 16.2. The van der Waals surface area contributed by atoms with Crippen LogP contribution in [0.15, 0.2) is 36.8 Å². The Balaban J connectivity index is 1.49. The first kappa shape index (κ1) is 16.1. The van der Waals surface area contributed by atoms with E-state index in [1.807, 2.05) is 12.4 Å². The normalized spacial score (nSPS) is 11.1. The standard InChI is InChI=1S/C16H17Cl2N5/c1-11-2-5-23-13(10-21-15(23)6-11)9-19-3-4-20-16-14(18)7-12(17)8-22-16/h2,5-8,10,19H,3-4,9H2,1H3,(H,20,22). The maximum atomic E-state index is 6.06. The molecule has 0 saturated carbocycles. The molecular weight excluding hydrogens is 333 g/mol. The molecule has 0 aliphatic rings. The molecule has 0 atom stereocenters. The minimum atomic E-state index is 0.523. The molecule has 3 rings (SSSR count). The number of fused-ring (bicyclic) bond motifs is 1. The summed E-state index contributed by atoms with van der Waals surface area (Å²) >= 11 is 11.9. The first-order valence-corrected chi connectivity index (χ1v) is 8.07. The number of hydrogen-bond donors (Lipinski definition) is 2. The summed E-state index contributed by atoms with van der Waals surface area (Å²) < 4.78 is 2.09. The lowest BCUT2D eigenvalue weighted by atomic mass is 10.3. The van der Waals surface area contributed by atoms with Crippen LogP contribution in [0.5, 0.6) is 0 Å². The Hall–Kier alpha value is -1.82. The van der Waals surface area contributed by atoms with Crippen LogP contribution in [0.2, 0.25) is 10.0 Å². The van der Waals surface area contributed by atoms with Crippen molar-refractivity contribution in [3.05, 3.63) is 58.1 Å². The van der Waals surface area contributed by atoms with E-state index >= 15 is 0 Å².